The van der Waals surface area contributed by atoms with Crippen molar-refractivity contribution in [3.05, 3.63) is 53.6 Å². The van der Waals surface area contributed by atoms with Crippen molar-refractivity contribution in [2.75, 3.05) is 33.4 Å². The number of benzene rings is 2. The van der Waals surface area contributed by atoms with E-state index in [9.17, 15) is 9.59 Å². The van der Waals surface area contributed by atoms with E-state index in [4.69, 9.17) is 14.2 Å². The third-order valence-electron chi connectivity index (χ3n) is 6.36. The highest BCUT2D eigenvalue weighted by Gasteiger charge is 2.31. The van der Waals surface area contributed by atoms with Gasteiger partial charge in [-0.3, -0.25) is 9.59 Å². The van der Waals surface area contributed by atoms with Gasteiger partial charge in [-0.1, -0.05) is 25.1 Å². The van der Waals surface area contributed by atoms with Gasteiger partial charge in [0.05, 0.1) is 13.2 Å². The molecule has 0 radical (unpaired) electrons. The predicted octanol–water partition coefficient (Wildman–Crippen LogP) is 2.29. The van der Waals surface area contributed by atoms with Crippen LogP contribution in [0.15, 0.2) is 42.5 Å². The summed E-state index contributed by atoms with van der Waals surface area (Å²) >= 11 is 0. The van der Waals surface area contributed by atoms with Crippen LogP contribution in [0.2, 0.25) is 0 Å². The molecule has 5 heterocycles. The predicted molar refractivity (Wildman–Crippen MR) is 128 cm³/mol. The molecule has 5 aliphatic rings. The average Bonchev–Trinajstić information content (AvgIpc) is 2.86. The summed E-state index contributed by atoms with van der Waals surface area (Å²) in [6, 6.07) is 13.1. The second-order valence-corrected chi connectivity index (χ2v) is 8.71. The van der Waals surface area contributed by atoms with Crippen LogP contribution in [0, 0.1) is 0 Å². The largest absolute Gasteiger partial charge is 0.493 e. The van der Waals surface area contributed by atoms with Gasteiger partial charge in [-0.15, -0.1) is 0 Å². The van der Waals surface area contributed by atoms with E-state index in [1.165, 1.54) is 0 Å². The third kappa shape index (κ3) is 6.20. The molecule has 182 valence electrons. The normalized spacial score (nSPS) is 22.1. The van der Waals surface area contributed by atoms with Crippen molar-refractivity contribution in [2.45, 2.75) is 44.9 Å². The summed E-state index contributed by atoms with van der Waals surface area (Å²) in [7, 11) is 1.56. The van der Waals surface area contributed by atoms with E-state index in [2.05, 4.69) is 22.5 Å². The molecule has 1 fully saturated rings. The maximum absolute atomic E-state index is 12.8. The van der Waals surface area contributed by atoms with Crippen LogP contribution in [0.4, 0.5) is 0 Å². The van der Waals surface area contributed by atoms with E-state index in [1.54, 1.807) is 13.2 Å². The Morgan fingerprint density at radius 2 is 1.85 bits per heavy atom. The van der Waals surface area contributed by atoms with Gasteiger partial charge in [-0.25, -0.2) is 0 Å². The second kappa shape index (κ2) is 11.2. The Kier molecular flexibility index (Phi) is 7.90. The molecule has 2 aromatic rings. The molecule has 8 nitrogen and oxygen atoms in total. The fraction of sp³-hybridized carbons (Fsp3) is 0.462. The van der Waals surface area contributed by atoms with Gasteiger partial charge in [0.2, 0.25) is 5.91 Å². The fourth-order valence-electron chi connectivity index (χ4n) is 4.35. The van der Waals surface area contributed by atoms with Crippen LogP contribution >= 0.6 is 0 Å². The molecule has 8 heteroatoms. The molecule has 7 rings (SSSR count). The van der Waals surface area contributed by atoms with E-state index in [0.717, 1.165) is 42.9 Å². The summed E-state index contributed by atoms with van der Waals surface area (Å²) < 4.78 is 17.5. The topological polar surface area (TPSA) is 89.1 Å². The number of likely N-dealkylation sites (tertiary alicyclic amines) is 1. The molecule has 34 heavy (non-hydrogen) atoms. The average molecular weight is 468 g/mol. The van der Waals surface area contributed by atoms with E-state index >= 15 is 0 Å². The highest BCUT2D eigenvalue weighted by atomic mass is 16.5. The van der Waals surface area contributed by atoms with Gasteiger partial charge in [-0.05, 0) is 54.8 Å². The molecule has 5 aliphatic heterocycles. The molecule has 0 spiro atoms. The molecule has 2 aromatic carbocycles. The van der Waals surface area contributed by atoms with Gasteiger partial charge >= 0.3 is 0 Å². The van der Waals surface area contributed by atoms with Crippen LogP contribution in [0.5, 0.6) is 17.2 Å². The van der Waals surface area contributed by atoms with Crippen LogP contribution < -0.4 is 24.8 Å². The van der Waals surface area contributed by atoms with Crippen molar-refractivity contribution in [3.63, 3.8) is 0 Å². The lowest BCUT2D eigenvalue weighted by Gasteiger charge is -2.38. The summed E-state index contributed by atoms with van der Waals surface area (Å²) in [5.74, 6) is 1.56. The van der Waals surface area contributed by atoms with Gasteiger partial charge in [0.25, 0.3) is 5.91 Å². The molecule has 1 saturated heterocycles. The number of likely N-dealkylation sites (N-methyl/N-ethyl adjacent to an activating group) is 1. The van der Waals surface area contributed by atoms with Crippen LogP contribution in [0.3, 0.4) is 0 Å². The van der Waals surface area contributed by atoms with Crippen LogP contribution in [0.1, 0.15) is 30.9 Å². The molecular formula is C26H33N3O5. The quantitative estimate of drug-likeness (QED) is 0.705. The lowest BCUT2D eigenvalue weighted by molar-refractivity contribution is -0.125. The molecule has 2 atom stereocenters. The Balaban J connectivity index is 1.55. The van der Waals surface area contributed by atoms with E-state index in [0.29, 0.717) is 30.9 Å². The summed E-state index contributed by atoms with van der Waals surface area (Å²) in [5, 5.41) is 6.08. The Morgan fingerprint density at radius 1 is 1.06 bits per heavy atom. The lowest BCUT2D eigenvalue weighted by Crippen LogP contribution is -2.57. The number of carbonyl (C=O) groups is 2. The number of piperidine rings is 1. The maximum Gasteiger partial charge on any atom is 0.258 e. The van der Waals surface area contributed by atoms with Gasteiger partial charge in [-0.2, -0.15) is 0 Å². The summed E-state index contributed by atoms with van der Waals surface area (Å²) in [6.07, 6.45) is 1.61. The molecule has 0 unspecified atom stereocenters. The SMILES string of the molecule is CCN1CC[C@H]2Oc3ccc(cc3)CNC(=O)CCc3ccc(c(OC)c3)OCC(=O)N[C@@H]2C1. The van der Waals surface area contributed by atoms with Crippen molar-refractivity contribution in [3.8, 4) is 17.2 Å². The second-order valence-electron chi connectivity index (χ2n) is 8.71. The number of aryl methyl sites for hydroxylation is 1. The monoisotopic (exact) mass is 467 g/mol. The number of hydrogen-bond donors (Lipinski definition) is 2. The first-order valence-corrected chi connectivity index (χ1v) is 11.9. The van der Waals surface area contributed by atoms with Crippen molar-refractivity contribution in [1.82, 2.24) is 15.5 Å². The van der Waals surface area contributed by atoms with Gasteiger partial charge in [0, 0.05) is 26.1 Å². The minimum absolute atomic E-state index is 0.0174. The third-order valence-corrected chi connectivity index (χ3v) is 6.36. The highest BCUT2D eigenvalue weighted by molar-refractivity contribution is 5.78. The molecule has 4 bridgehead atoms. The summed E-state index contributed by atoms with van der Waals surface area (Å²) in [4.78, 5) is 27.4. The zero-order valence-corrected chi connectivity index (χ0v) is 19.8. The first-order chi connectivity index (χ1) is 16.5. The number of rotatable bonds is 2. The fourth-order valence-corrected chi connectivity index (χ4v) is 4.35. The lowest BCUT2D eigenvalue weighted by atomic mass is 10.0. The Bertz CT molecular complexity index is 994. The van der Waals surface area contributed by atoms with E-state index in [-0.39, 0.29) is 30.6 Å². The number of hydrogen-bond acceptors (Lipinski definition) is 6. The van der Waals surface area contributed by atoms with Crippen molar-refractivity contribution in [2.24, 2.45) is 0 Å². The minimum Gasteiger partial charge on any atom is -0.493 e. The zero-order chi connectivity index (χ0) is 23.9. The number of nitrogens with one attached hydrogen (secondary N) is 2. The number of ether oxygens (including phenoxy) is 3. The molecule has 2 amide bonds. The van der Waals surface area contributed by atoms with Crippen LogP contribution in [0.25, 0.3) is 0 Å². The first kappa shape index (κ1) is 23.9. The molecular weight excluding hydrogens is 434 g/mol. The van der Waals surface area contributed by atoms with Crippen molar-refractivity contribution < 1.29 is 23.8 Å². The molecule has 0 aromatic heterocycles. The van der Waals surface area contributed by atoms with Crippen molar-refractivity contribution in [1.29, 1.82) is 0 Å². The van der Waals surface area contributed by atoms with Crippen LogP contribution in [-0.4, -0.2) is 62.2 Å². The Morgan fingerprint density at radius 3 is 2.62 bits per heavy atom. The van der Waals surface area contributed by atoms with Gasteiger partial charge in [0.15, 0.2) is 18.1 Å². The number of methoxy groups -OCH3 is 1. The molecule has 2 N–H and O–H groups in total. The number of carbonyl (C=O) groups excluding carboxylic acids is 2. The minimum atomic E-state index is -0.205. The Hall–Kier alpha value is -3.26. The smallest absolute Gasteiger partial charge is 0.258 e. The van der Waals surface area contributed by atoms with Gasteiger partial charge in [0.1, 0.15) is 11.9 Å². The number of nitrogens with zero attached hydrogens (tertiary/aromatic N) is 1. The zero-order valence-electron chi connectivity index (χ0n) is 19.8. The van der Waals surface area contributed by atoms with E-state index in [1.807, 2.05) is 36.4 Å². The molecule has 0 aliphatic carbocycles. The summed E-state index contributed by atoms with van der Waals surface area (Å²) in [5.41, 5.74) is 1.97. The number of amides is 2. The standard InChI is InChI=1S/C26H33N3O5/c1-3-29-13-12-22-21(16-29)28-26(31)17-33-23-10-6-18(14-24(23)32-2)7-11-25(30)27-15-19-4-8-20(34-22)9-5-19/h4-6,8-10,14,21-22H,3,7,11-13,15-17H2,1-2H3,(H,27,30)(H,28,31)/t21-,22-/m1/s1. The summed E-state index contributed by atoms with van der Waals surface area (Å²) in [6.45, 7) is 5.00. The van der Waals surface area contributed by atoms with E-state index < -0.39 is 0 Å². The highest BCUT2D eigenvalue weighted by Crippen LogP contribution is 2.28. The molecule has 0 saturated carbocycles. The van der Waals surface area contributed by atoms with Gasteiger partial charge < -0.3 is 29.7 Å². The maximum atomic E-state index is 12.8. The first-order valence-electron chi connectivity index (χ1n) is 11.9. The van der Waals surface area contributed by atoms with Crippen molar-refractivity contribution >= 4 is 11.8 Å². The Labute approximate surface area is 200 Å². The van der Waals surface area contributed by atoms with Crippen LogP contribution in [-0.2, 0) is 22.6 Å².